The van der Waals surface area contributed by atoms with Gasteiger partial charge in [0, 0.05) is 73.7 Å². The van der Waals surface area contributed by atoms with Crippen LogP contribution in [0.3, 0.4) is 0 Å². The van der Waals surface area contributed by atoms with Gasteiger partial charge in [-0.2, -0.15) is 0 Å². The van der Waals surface area contributed by atoms with Gasteiger partial charge in [-0.1, -0.05) is 30.3 Å². The zero-order valence-electron chi connectivity index (χ0n) is 25.8. The van der Waals surface area contributed by atoms with Crippen LogP contribution in [0.1, 0.15) is 0 Å². The van der Waals surface area contributed by atoms with Crippen molar-refractivity contribution in [3.63, 3.8) is 0 Å². The highest BCUT2D eigenvalue weighted by molar-refractivity contribution is 5.78. The van der Waals surface area contributed by atoms with Crippen molar-refractivity contribution in [3.8, 4) is 11.1 Å². The molecule has 0 aliphatic heterocycles. The molecule has 0 aliphatic carbocycles. The number of aromatic nitrogens is 12. The molecule has 9 rings (SSSR count). The summed E-state index contributed by atoms with van der Waals surface area (Å²) in [5.41, 5.74) is 5.67. The fourth-order valence-corrected chi connectivity index (χ4v) is 3.67. The van der Waals surface area contributed by atoms with Crippen LogP contribution in [0.5, 0.6) is 0 Å². The Balaban J connectivity index is 0.000000133. The lowest BCUT2D eigenvalue weighted by Gasteiger charge is -1.97. The van der Waals surface area contributed by atoms with Gasteiger partial charge in [-0.25, -0.2) is 29.9 Å². The van der Waals surface area contributed by atoms with Crippen molar-refractivity contribution in [3.05, 3.63) is 185 Å². The largest absolute Gasteiger partial charge is 0.361 e. The molecule has 0 saturated carbocycles. The Morgan fingerprint density at radius 1 is 0.354 bits per heavy atom. The van der Waals surface area contributed by atoms with E-state index in [-0.39, 0.29) is 0 Å². The maximum absolute atomic E-state index is 4.06. The van der Waals surface area contributed by atoms with Crippen molar-refractivity contribution in [2.45, 2.75) is 0 Å². The molecule has 0 saturated heterocycles. The van der Waals surface area contributed by atoms with E-state index >= 15 is 0 Å². The number of aromatic amines is 2. The van der Waals surface area contributed by atoms with Crippen LogP contribution in [-0.4, -0.2) is 59.8 Å². The van der Waals surface area contributed by atoms with Crippen molar-refractivity contribution in [2.75, 3.05) is 0 Å². The van der Waals surface area contributed by atoms with Crippen LogP contribution in [0, 0.1) is 0 Å². The van der Waals surface area contributed by atoms with Crippen LogP contribution in [0.25, 0.3) is 33.1 Å². The molecule has 12 heteroatoms. The summed E-state index contributed by atoms with van der Waals surface area (Å²) >= 11 is 0. The Morgan fingerprint density at radius 3 is 1.31 bits per heavy atom. The van der Waals surface area contributed by atoms with E-state index in [0.717, 1.165) is 11.0 Å². The maximum Gasteiger partial charge on any atom is 0.119 e. The fraction of sp³-hybridized carbons (Fsp3) is 0. The van der Waals surface area contributed by atoms with Crippen molar-refractivity contribution >= 4 is 21.9 Å². The van der Waals surface area contributed by atoms with Gasteiger partial charge in [-0.05, 0) is 71.1 Å². The summed E-state index contributed by atoms with van der Waals surface area (Å²) in [5.74, 6) is 0. The van der Waals surface area contributed by atoms with E-state index in [9.17, 15) is 0 Å². The number of para-hydroxylation sites is 3. The van der Waals surface area contributed by atoms with E-state index in [1.165, 1.54) is 47.3 Å². The smallest absolute Gasteiger partial charge is 0.119 e. The summed E-state index contributed by atoms with van der Waals surface area (Å²) < 4.78 is 0. The van der Waals surface area contributed by atoms with E-state index < -0.39 is 0 Å². The van der Waals surface area contributed by atoms with E-state index in [0.29, 0.717) is 0 Å². The zero-order valence-corrected chi connectivity index (χ0v) is 25.8. The number of benzene rings is 2. The minimum atomic E-state index is 1.03. The highest BCUT2D eigenvalue weighted by Crippen LogP contribution is 2.15. The van der Waals surface area contributed by atoms with Crippen LogP contribution in [0.2, 0.25) is 0 Å². The van der Waals surface area contributed by atoms with Crippen LogP contribution in [0.4, 0.5) is 0 Å². The maximum atomic E-state index is 4.06. The molecular formula is C36H32N12. The Kier molecular flexibility index (Phi) is 15.2. The average molecular weight is 633 g/mol. The van der Waals surface area contributed by atoms with Gasteiger partial charge in [0.05, 0.1) is 17.4 Å². The van der Waals surface area contributed by atoms with Gasteiger partial charge in [-0.3, -0.25) is 19.9 Å². The third-order valence-corrected chi connectivity index (χ3v) is 5.84. The number of fused-ring (bicyclic) bond motifs is 2. The van der Waals surface area contributed by atoms with Crippen molar-refractivity contribution in [2.24, 2.45) is 0 Å². The van der Waals surface area contributed by atoms with Crippen molar-refractivity contribution < 1.29 is 0 Å². The minimum Gasteiger partial charge on any atom is -0.361 e. The van der Waals surface area contributed by atoms with Gasteiger partial charge in [0.15, 0.2) is 0 Å². The summed E-state index contributed by atoms with van der Waals surface area (Å²) in [6.07, 6.45) is 26.5. The van der Waals surface area contributed by atoms with E-state index in [1.54, 1.807) is 74.4 Å². The van der Waals surface area contributed by atoms with Gasteiger partial charge in [0.2, 0.25) is 0 Å². The number of nitrogens with one attached hydrogen (secondary N) is 2. The molecule has 0 radical (unpaired) electrons. The molecule has 0 unspecified atom stereocenters. The Morgan fingerprint density at radius 2 is 0.854 bits per heavy atom. The lowest BCUT2D eigenvalue weighted by Crippen LogP contribution is -1.77. The number of rotatable bonds is 1. The van der Waals surface area contributed by atoms with E-state index in [4.69, 9.17) is 0 Å². The van der Waals surface area contributed by atoms with E-state index in [1.807, 2.05) is 66.9 Å². The molecule has 7 aromatic heterocycles. The number of imidazole rings is 1. The Labute approximate surface area is 277 Å². The highest BCUT2D eigenvalue weighted by Gasteiger charge is 1.93. The number of nitrogens with zero attached hydrogens (tertiary/aromatic N) is 10. The second-order valence-corrected chi connectivity index (χ2v) is 9.05. The molecule has 0 amide bonds. The summed E-state index contributed by atoms with van der Waals surface area (Å²) in [5, 5.41) is 1.28. The Hall–Kier alpha value is -7.08. The van der Waals surface area contributed by atoms with Crippen molar-refractivity contribution in [1.29, 1.82) is 0 Å². The first kappa shape index (κ1) is 33.8. The Bertz CT molecular complexity index is 1710. The number of H-pyrrole nitrogens is 2. The first-order valence-corrected chi connectivity index (χ1v) is 14.6. The first-order valence-electron chi connectivity index (χ1n) is 14.6. The third-order valence-electron chi connectivity index (χ3n) is 5.84. The number of pyridine rings is 2. The molecular weight excluding hydrogens is 600 g/mol. The minimum absolute atomic E-state index is 1.03. The SMILES string of the molecule is c1cc(-c2ccncc2)ccn1.c1ccc2[nH]ccc2c1.c1ccc2[nH]cnc2c1.c1cnccn1.c1cncnc1.c1ncncn1. The highest BCUT2D eigenvalue weighted by atomic mass is 14.9. The number of hydrogen-bond donors (Lipinski definition) is 2. The predicted octanol–water partition coefficient (Wildman–Crippen LogP) is 6.70. The molecule has 0 spiro atoms. The van der Waals surface area contributed by atoms with Gasteiger partial charge in [0.1, 0.15) is 25.3 Å². The summed E-state index contributed by atoms with van der Waals surface area (Å²) in [7, 11) is 0. The van der Waals surface area contributed by atoms with Gasteiger partial charge < -0.3 is 9.97 Å². The standard InChI is InChI=1S/C10H8N2.C8H7N.C7H6N2.2C4H4N2.C3H3N3/c1-5-11-6-2-9(1)10-3-7-12-8-4-10;1-2-4-8-7(3-1)5-6-9-8;1-2-4-7-6(3-1)8-5-9-7;1-2-6-4-3-5-1;1-2-5-4-6-3-1;1-4-2-6-3-5-1/h1-8H;1-6,9H;1-5H,(H,8,9);2*1-4H;1-3H. The predicted molar refractivity (Wildman–Crippen MR) is 186 cm³/mol. The zero-order chi connectivity index (χ0) is 33.2. The van der Waals surface area contributed by atoms with Crippen LogP contribution in [0.15, 0.2) is 185 Å². The topological polar surface area (TPSA) is 160 Å². The lowest BCUT2D eigenvalue weighted by atomic mass is 10.1. The fourth-order valence-electron chi connectivity index (χ4n) is 3.67. The van der Waals surface area contributed by atoms with Gasteiger partial charge in [-0.15, -0.1) is 0 Å². The molecule has 9 aromatic rings. The molecule has 2 N–H and O–H groups in total. The summed E-state index contributed by atoms with van der Waals surface area (Å²) in [6.45, 7) is 0. The molecule has 12 nitrogen and oxygen atoms in total. The van der Waals surface area contributed by atoms with Gasteiger partial charge >= 0.3 is 0 Å². The number of hydrogen-bond acceptors (Lipinski definition) is 10. The molecule has 0 aliphatic rings. The van der Waals surface area contributed by atoms with Gasteiger partial charge in [0.25, 0.3) is 0 Å². The van der Waals surface area contributed by atoms with Crippen LogP contribution < -0.4 is 0 Å². The molecule has 0 bridgehead atoms. The molecule has 236 valence electrons. The summed E-state index contributed by atoms with van der Waals surface area (Å²) in [4.78, 5) is 43.6. The second-order valence-electron chi connectivity index (χ2n) is 9.05. The van der Waals surface area contributed by atoms with Crippen LogP contribution >= 0.6 is 0 Å². The quantitative estimate of drug-likeness (QED) is 0.199. The van der Waals surface area contributed by atoms with Crippen molar-refractivity contribution in [1.82, 2.24) is 59.8 Å². The second kappa shape index (κ2) is 21.6. The average Bonchev–Trinajstić information content (AvgIpc) is 3.89. The molecule has 0 atom stereocenters. The van der Waals surface area contributed by atoms with E-state index in [2.05, 4.69) is 78.0 Å². The van der Waals surface area contributed by atoms with Crippen LogP contribution in [-0.2, 0) is 0 Å². The molecule has 2 aromatic carbocycles. The monoisotopic (exact) mass is 632 g/mol. The molecule has 7 heterocycles. The summed E-state index contributed by atoms with van der Waals surface area (Å²) in [6, 6.07) is 27.9. The first-order chi connectivity index (χ1) is 23.9. The molecule has 48 heavy (non-hydrogen) atoms. The third kappa shape index (κ3) is 13.3. The normalized spacial score (nSPS) is 9.25. The lowest BCUT2D eigenvalue weighted by molar-refractivity contribution is 1.05. The molecule has 0 fully saturated rings.